The van der Waals surface area contributed by atoms with Crippen molar-refractivity contribution in [3.8, 4) is 11.4 Å². The predicted octanol–water partition coefficient (Wildman–Crippen LogP) is 4.70. The molecule has 4 rings (SSSR count). The molecule has 2 aromatic heterocycles. The van der Waals surface area contributed by atoms with Crippen LogP contribution in [0.15, 0.2) is 91.8 Å². The van der Waals surface area contributed by atoms with Crippen LogP contribution in [0.2, 0.25) is 0 Å². The molecule has 0 fully saturated rings. The molecule has 146 valence electrons. The minimum atomic E-state index is 0.259. The quantitative estimate of drug-likeness (QED) is 0.479. The molecule has 0 aliphatic carbocycles. The van der Waals surface area contributed by atoms with Crippen LogP contribution in [-0.4, -0.2) is 14.5 Å². The summed E-state index contributed by atoms with van der Waals surface area (Å²) in [6.07, 6.45) is 9.09. The van der Waals surface area contributed by atoms with Crippen LogP contribution < -0.4 is 10.1 Å². The number of hydrogen-bond acceptors (Lipinski definition) is 4. The van der Waals surface area contributed by atoms with E-state index in [2.05, 4.69) is 58.6 Å². The number of aromatic nitrogens is 3. The van der Waals surface area contributed by atoms with E-state index < -0.39 is 0 Å². The number of rotatable bonds is 8. The smallest absolute Gasteiger partial charge is 0.119 e. The summed E-state index contributed by atoms with van der Waals surface area (Å²) in [6, 6.07) is 21.0. The van der Waals surface area contributed by atoms with Gasteiger partial charge in [0.05, 0.1) is 6.33 Å². The van der Waals surface area contributed by atoms with Crippen molar-refractivity contribution >= 4 is 0 Å². The van der Waals surface area contributed by atoms with Crippen molar-refractivity contribution in [2.24, 2.45) is 0 Å². The minimum Gasteiger partial charge on any atom is -0.489 e. The molecule has 1 atom stereocenters. The largest absolute Gasteiger partial charge is 0.489 e. The normalized spacial score (nSPS) is 11.9. The Balaban J connectivity index is 1.28. The Bertz CT molecular complexity index is 997. The average molecular weight is 384 g/mol. The zero-order valence-electron chi connectivity index (χ0n) is 16.4. The highest BCUT2D eigenvalue weighted by Crippen LogP contribution is 2.18. The number of imidazole rings is 1. The third kappa shape index (κ3) is 5.09. The van der Waals surface area contributed by atoms with Gasteiger partial charge in [0, 0.05) is 43.1 Å². The van der Waals surface area contributed by atoms with Gasteiger partial charge in [0.15, 0.2) is 0 Å². The van der Waals surface area contributed by atoms with Crippen molar-refractivity contribution in [3.63, 3.8) is 0 Å². The molecular formula is C24H24N4O. The molecule has 0 saturated heterocycles. The molecule has 0 aliphatic rings. The SMILES string of the molecule is C[C@H](NCc1ccc(OCc2ccncc2)cc1)c1ccc(-n2ccnc2)cc1. The van der Waals surface area contributed by atoms with Gasteiger partial charge in [-0.05, 0) is 60.0 Å². The van der Waals surface area contributed by atoms with Crippen LogP contribution in [-0.2, 0) is 13.2 Å². The fourth-order valence-electron chi connectivity index (χ4n) is 3.08. The first-order chi connectivity index (χ1) is 14.3. The van der Waals surface area contributed by atoms with Crippen LogP contribution in [0.1, 0.15) is 29.7 Å². The average Bonchev–Trinajstić information content (AvgIpc) is 3.33. The Hall–Kier alpha value is -3.44. The van der Waals surface area contributed by atoms with E-state index in [4.69, 9.17) is 4.74 Å². The number of hydrogen-bond donors (Lipinski definition) is 1. The standard InChI is InChI=1S/C24H24N4O/c1-19(22-4-6-23(7-5-22)28-15-14-26-18-28)27-16-20-2-8-24(9-3-20)29-17-21-10-12-25-13-11-21/h2-15,18-19,27H,16-17H2,1H3/t19-/m0/s1. The van der Waals surface area contributed by atoms with Crippen LogP contribution in [0, 0.1) is 0 Å². The summed E-state index contributed by atoms with van der Waals surface area (Å²) in [6.45, 7) is 3.53. The Morgan fingerprint density at radius 3 is 2.31 bits per heavy atom. The lowest BCUT2D eigenvalue weighted by atomic mass is 10.1. The molecule has 1 N–H and O–H groups in total. The van der Waals surface area contributed by atoms with Crippen LogP contribution in [0.4, 0.5) is 0 Å². The Morgan fingerprint density at radius 1 is 0.862 bits per heavy atom. The molecule has 0 unspecified atom stereocenters. The first kappa shape index (κ1) is 18.9. The summed E-state index contributed by atoms with van der Waals surface area (Å²) in [5.74, 6) is 0.869. The molecule has 0 radical (unpaired) electrons. The first-order valence-electron chi connectivity index (χ1n) is 9.70. The van der Waals surface area contributed by atoms with E-state index in [0.29, 0.717) is 6.61 Å². The summed E-state index contributed by atoms with van der Waals surface area (Å²) in [5, 5.41) is 3.58. The lowest BCUT2D eigenvalue weighted by Gasteiger charge is -2.15. The lowest BCUT2D eigenvalue weighted by molar-refractivity contribution is 0.306. The molecule has 2 heterocycles. The highest BCUT2D eigenvalue weighted by atomic mass is 16.5. The van der Waals surface area contributed by atoms with Gasteiger partial charge >= 0.3 is 0 Å². The molecule has 4 aromatic rings. The fraction of sp³-hybridized carbons (Fsp3) is 0.167. The monoisotopic (exact) mass is 384 g/mol. The fourth-order valence-corrected chi connectivity index (χ4v) is 3.08. The van der Waals surface area contributed by atoms with Gasteiger partial charge < -0.3 is 14.6 Å². The molecule has 29 heavy (non-hydrogen) atoms. The lowest BCUT2D eigenvalue weighted by Crippen LogP contribution is -2.18. The second kappa shape index (κ2) is 9.17. The number of pyridine rings is 1. The van der Waals surface area contributed by atoms with E-state index in [1.807, 2.05) is 35.0 Å². The maximum Gasteiger partial charge on any atom is 0.119 e. The zero-order valence-corrected chi connectivity index (χ0v) is 16.4. The summed E-state index contributed by atoms with van der Waals surface area (Å²) in [5.41, 5.74) is 4.70. The maximum atomic E-state index is 5.83. The third-order valence-corrected chi connectivity index (χ3v) is 4.89. The number of nitrogens with one attached hydrogen (secondary N) is 1. The molecule has 0 saturated carbocycles. The van der Waals surface area contributed by atoms with Crippen molar-refractivity contribution in [1.82, 2.24) is 19.9 Å². The van der Waals surface area contributed by atoms with Crippen LogP contribution >= 0.6 is 0 Å². The van der Waals surface area contributed by atoms with E-state index in [9.17, 15) is 0 Å². The second-order valence-corrected chi connectivity index (χ2v) is 6.95. The summed E-state index contributed by atoms with van der Waals surface area (Å²) in [4.78, 5) is 8.11. The summed E-state index contributed by atoms with van der Waals surface area (Å²) < 4.78 is 7.83. The van der Waals surface area contributed by atoms with Crippen molar-refractivity contribution in [1.29, 1.82) is 0 Å². The minimum absolute atomic E-state index is 0.259. The Kier molecular flexibility index (Phi) is 5.98. The first-order valence-corrected chi connectivity index (χ1v) is 9.70. The highest BCUT2D eigenvalue weighted by Gasteiger charge is 2.06. The highest BCUT2D eigenvalue weighted by molar-refractivity contribution is 5.35. The van der Waals surface area contributed by atoms with E-state index >= 15 is 0 Å². The van der Waals surface area contributed by atoms with Gasteiger partial charge in [-0.25, -0.2) is 4.98 Å². The third-order valence-electron chi connectivity index (χ3n) is 4.89. The van der Waals surface area contributed by atoms with E-state index in [1.54, 1.807) is 24.9 Å². The van der Waals surface area contributed by atoms with Gasteiger partial charge in [0.2, 0.25) is 0 Å². The van der Waals surface area contributed by atoms with Crippen LogP contribution in [0.3, 0.4) is 0 Å². The van der Waals surface area contributed by atoms with Crippen molar-refractivity contribution in [3.05, 3.63) is 108 Å². The summed E-state index contributed by atoms with van der Waals surface area (Å²) >= 11 is 0. The molecular weight excluding hydrogens is 360 g/mol. The van der Waals surface area contributed by atoms with Crippen molar-refractivity contribution in [2.45, 2.75) is 26.1 Å². The van der Waals surface area contributed by atoms with E-state index in [0.717, 1.165) is 23.5 Å². The van der Waals surface area contributed by atoms with Gasteiger partial charge in [-0.15, -0.1) is 0 Å². The molecule has 0 bridgehead atoms. The zero-order chi connectivity index (χ0) is 19.9. The van der Waals surface area contributed by atoms with Gasteiger partial charge in [-0.2, -0.15) is 0 Å². The summed E-state index contributed by atoms with van der Waals surface area (Å²) in [7, 11) is 0. The predicted molar refractivity (Wildman–Crippen MR) is 114 cm³/mol. The van der Waals surface area contributed by atoms with Crippen molar-refractivity contribution in [2.75, 3.05) is 0 Å². The van der Waals surface area contributed by atoms with E-state index in [-0.39, 0.29) is 6.04 Å². The molecule has 5 nitrogen and oxygen atoms in total. The van der Waals surface area contributed by atoms with Gasteiger partial charge in [0.25, 0.3) is 0 Å². The molecule has 0 amide bonds. The molecule has 0 spiro atoms. The number of nitrogens with zero attached hydrogens (tertiary/aromatic N) is 3. The van der Waals surface area contributed by atoms with Gasteiger partial charge in [0.1, 0.15) is 12.4 Å². The molecule has 5 heteroatoms. The van der Waals surface area contributed by atoms with Crippen LogP contribution in [0.25, 0.3) is 5.69 Å². The Morgan fingerprint density at radius 2 is 1.62 bits per heavy atom. The second-order valence-electron chi connectivity index (χ2n) is 6.95. The molecule has 2 aromatic carbocycles. The topological polar surface area (TPSA) is 52.0 Å². The van der Waals surface area contributed by atoms with Crippen LogP contribution in [0.5, 0.6) is 5.75 Å². The Labute approximate surface area is 171 Å². The number of ether oxygens (including phenoxy) is 1. The molecule has 0 aliphatic heterocycles. The number of benzene rings is 2. The van der Waals surface area contributed by atoms with E-state index in [1.165, 1.54) is 11.1 Å². The van der Waals surface area contributed by atoms with Gasteiger partial charge in [-0.3, -0.25) is 4.98 Å². The van der Waals surface area contributed by atoms with Crippen molar-refractivity contribution < 1.29 is 4.74 Å². The van der Waals surface area contributed by atoms with Gasteiger partial charge in [-0.1, -0.05) is 24.3 Å². The maximum absolute atomic E-state index is 5.83.